The number of hydrogen-bond acceptors (Lipinski definition) is 4. The highest BCUT2D eigenvalue weighted by Crippen LogP contribution is 2.75. The van der Waals surface area contributed by atoms with Crippen molar-refractivity contribution in [2.45, 2.75) is 118 Å². The van der Waals surface area contributed by atoms with Crippen LogP contribution in [0.3, 0.4) is 0 Å². The first-order valence-electron chi connectivity index (χ1n) is 14.2. The van der Waals surface area contributed by atoms with Crippen molar-refractivity contribution in [2.75, 3.05) is 0 Å². The molecule has 9 atom stereocenters. The molecule has 5 aliphatic rings. The van der Waals surface area contributed by atoms with E-state index in [-0.39, 0.29) is 44.3 Å². The summed E-state index contributed by atoms with van der Waals surface area (Å²) in [6.45, 7) is 16.5. The van der Waals surface area contributed by atoms with Crippen molar-refractivity contribution in [1.82, 2.24) is 5.43 Å². The van der Waals surface area contributed by atoms with Crippen molar-refractivity contribution < 1.29 is 15.0 Å². The average molecular weight is 487 g/mol. The molecule has 0 saturated heterocycles. The standard InChI is InChI=1S/C30H50N2O3/c1-25(2)12-14-30(24(35)32-31)15-13-28(6)18(19(30)16-25)8-9-22-27(5)17-20(33)23(34)26(3,4)21(27)10-11-29(22,28)7/h8,19-23,33-34H,9-17,31H2,1-7H3,(H,32,35)/t19-,20+,21+,22+,23+,27+,28-,29-,30-/m1/s1. The molecule has 35 heavy (non-hydrogen) atoms. The molecule has 0 aromatic heterocycles. The van der Waals surface area contributed by atoms with Crippen molar-refractivity contribution in [2.24, 2.45) is 56.1 Å². The van der Waals surface area contributed by atoms with E-state index >= 15 is 0 Å². The number of hydrogen-bond donors (Lipinski definition) is 4. The molecule has 4 fully saturated rings. The fourth-order valence-electron chi connectivity index (χ4n) is 10.9. The number of carbonyl (C=O) groups is 1. The number of nitrogens with one attached hydrogen (secondary N) is 1. The number of amides is 1. The molecule has 0 aromatic rings. The number of nitrogens with two attached hydrogens (primary N) is 1. The SMILES string of the molecule is CC1(C)CC[C@@]2(C(=O)NN)CC[C@]3(C)C(=CC[C@H]4[C@@]5(C)C[C@H](O)[C@H](O)C(C)(C)[C@@H]5CC[C@]43C)[C@H]2C1. The molecule has 5 rings (SSSR count). The first kappa shape index (κ1) is 25.7. The molecule has 198 valence electrons. The Balaban J connectivity index is 1.61. The number of aliphatic hydroxyl groups is 2. The molecule has 0 unspecified atom stereocenters. The molecule has 0 aliphatic heterocycles. The minimum atomic E-state index is -0.668. The van der Waals surface area contributed by atoms with Crippen LogP contribution in [0, 0.1) is 50.2 Å². The third-order valence-corrected chi connectivity index (χ3v) is 13.2. The van der Waals surface area contributed by atoms with Crippen molar-refractivity contribution in [3.05, 3.63) is 11.6 Å². The summed E-state index contributed by atoms with van der Waals surface area (Å²) < 4.78 is 0. The van der Waals surface area contributed by atoms with Crippen LogP contribution < -0.4 is 11.3 Å². The Morgan fingerprint density at radius 1 is 0.943 bits per heavy atom. The molecule has 5 heteroatoms. The highest BCUT2D eigenvalue weighted by molar-refractivity contribution is 5.83. The van der Waals surface area contributed by atoms with E-state index in [2.05, 4.69) is 60.0 Å². The van der Waals surface area contributed by atoms with Gasteiger partial charge >= 0.3 is 0 Å². The fourth-order valence-corrected chi connectivity index (χ4v) is 10.9. The summed E-state index contributed by atoms with van der Waals surface area (Å²) in [5.74, 6) is 6.91. The van der Waals surface area contributed by atoms with E-state index in [1.165, 1.54) is 5.57 Å². The van der Waals surface area contributed by atoms with Gasteiger partial charge in [-0.15, -0.1) is 0 Å². The summed E-state index contributed by atoms with van der Waals surface area (Å²) in [6, 6.07) is 0. The number of allylic oxidation sites excluding steroid dienone is 2. The van der Waals surface area contributed by atoms with E-state index < -0.39 is 12.2 Å². The normalized spacial score (nSPS) is 52.2. The van der Waals surface area contributed by atoms with E-state index in [4.69, 9.17) is 5.84 Å². The maximum absolute atomic E-state index is 13.3. The number of rotatable bonds is 1. The predicted molar refractivity (Wildman–Crippen MR) is 139 cm³/mol. The Morgan fingerprint density at radius 3 is 2.26 bits per heavy atom. The lowest BCUT2D eigenvalue weighted by molar-refractivity contribution is -0.231. The third kappa shape index (κ3) is 3.13. The van der Waals surface area contributed by atoms with Crippen molar-refractivity contribution >= 4 is 5.91 Å². The van der Waals surface area contributed by atoms with Crippen LogP contribution in [0.15, 0.2) is 11.6 Å². The van der Waals surface area contributed by atoms with Crippen LogP contribution in [0.2, 0.25) is 0 Å². The first-order chi connectivity index (χ1) is 16.1. The topological polar surface area (TPSA) is 95.6 Å². The second-order valence-electron chi connectivity index (χ2n) is 15.4. The molecule has 0 heterocycles. The van der Waals surface area contributed by atoms with Crippen LogP contribution >= 0.6 is 0 Å². The third-order valence-electron chi connectivity index (χ3n) is 13.2. The fraction of sp³-hybridized carbons (Fsp3) is 0.900. The molecular weight excluding hydrogens is 436 g/mol. The molecule has 1 amide bonds. The molecule has 5 aliphatic carbocycles. The summed E-state index contributed by atoms with van der Waals surface area (Å²) in [4.78, 5) is 13.3. The Morgan fingerprint density at radius 2 is 1.60 bits per heavy atom. The average Bonchev–Trinajstić information content (AvgIpc) is 2.77. The maximum atomic E-state index is 13.3. The summed E-state index contributed by atoms with van der Waals surface area (Å²) >= 11 is 0. The lowest BCUT2D eigenvalue weighted by Crippen LogP contribution is -2.67. The van der Waals surface area contributed by atoms with E-state index in [1.54, 1.807) is 0 Å². The number of hydrazine groups is 1. The van der Waals surface area contributed by atoms with Gasteiger partial charge in [-0.05, 0) is 103 Å². The van der Waals surface area contributed by atoms with Gasteiger partial charge in [-0.2, -0.15) is 0 Å². The van der Waals surface area contributed by atoms with Gasteiger partial charge in [-0.3, -0.25) is 10.2 Å². The van der Waals surface area contributed by atoms with E-state index in [0.29, 0.717) is 18.3 Å². The Kier molecular flexibility index (Phi) is 5.56. The highest BCUT2D eigenvalue weighted by atomic mass is 16.3. The zero-order valence-electron chi connectivity index (χ0n) is 23.2. The second kappa shape index (κ2) is 7.57. The summed E-state index contributed by atoms with van der Waals surface area (Å²) in [7, 11) is 0. The summed E-state index contributed by atoms with van der Waals surface area (Å²) in [5, 5.41) is 21.9. The van der Waals surface area contributed by atoms with Gasteiger partial charge in [0.05, 0.1) is 17.6 Å². The summed E-state index contributed by atoms with van der Waals surface area (Å²) in [6.07, 6.45) is 10.1. The molecular formula is C30H50N2O3. The smallest absolute Gasteiger partial charge is 0.240 e. The first-order valence-corrected chi connectivity index (χ1v) is 14.2. The largest absolute Gasteiger partial charge is 0.390 e. The maximum Gasteiger partial charge on any atom is 0.240 e. The van der Waals surface area contributed by atoms with Crippen LogP contribution in [0.1, 0.15) is 106 Å². The van der Waals surface area contributed by atoms with Crippen LogP contribution in [0.5, 0.6) is 0 Å². The number of carbonyl (C=O) groups excluding carboxylic acids is 1. The van der Waals surface area contributed by atoms with E-state index in [9.17, 15) is 15.0 Å². The zero-order chi connectivity index (χ0) is 25.8. The van der Waals surface area contributed by atoms with Gasteiger partial charge in [0.1, 0.15) is 0 Å². The molecule has 4 saturated carbocycles. The van der Waals surface area contributed by atoms with Gasteiger partial charge in [0, 0.05) is 0 Å². The van der Waals surface area contributed by atoms with Gasteiger partial charge in [0.2, 0.25) is 5.91 Å². The lowest BCUT2D eigenvalue weighted by atomic mass is 9.33. The monoisotopic (exact) mass is 486 g/mol. The minimum Gasteiger partial charge on any atom is -0.390 e. The van der Waals surface area contributed by atoms with Crippen LogP contribution in [0.4, 0.5) is 0 Å². The minimum absolute atomic E-state index is 0.0187. The van der Waals surface area contributed by atoms with Gasteiger partial charge in [0.15, 0.2) is 0 Å². The van der Waals surface area contributed by atoms with E-state index in [0.717, 1.165) is 51.4 Å². The molecule has 5 N–H and O–H groups in total. The Hall–Kier alpha value is -0.910. The van der Waals surface area contributed by atoms with Crippen molar-refractivity contribution in [3.8, 4) is 0 Å². The number of fused-ring (bicyclic) bond motifs is 7. The Bertz CT molecular complexity index is 942. The lowest BCUT2D eigenvalue weighted by Gasteiger charge is -2.71. The molecule has 0 aromatic carbocycles. The van der Waals surface area contributed by atoms with Crippen LogP contribution in [0.25, 0.3) is 0 Å². The van der Waals surface area contributed by atoms with E-state index in [1.807, 2.05) is 0 Å². The zero-order valence-corrected chi connectivity index (χ0v) is 23.2. The molecule has 5 nitrogen and oxygen atoms in total. The van der Waals surface area contributed by atoms with Gasteiger partial charge in [-0.25, -0.2) is 5.84 Å². The molecule has 0 bridgehead atoms. The highest BCUT2D eigenvalue weighted by Gasteiger charge is 2.69. The van der Waals surface area contributed by atoms with Crippen molar-refractivity contribution in [1.29, 1.82) is 0 Å². The van der Waals surface area contributed by atoms with Gasteiger partial charge in [0.25, 0.3) is 0 Å². The molecule has 0 radical (unpaired) electrons. The van der Waals surface area contributed by atoms with Crippen molar-refractivity contribution in [3.63, 3.8) is 0 Å². The Labute approximate surface area is 212 Å². The van der Waals surface area contributed by atoms with Gasteiger partial charge in [-0.1, -0.05) is 60.1 Å². The number of aliphatic hydroxyl groups excluding tert-OH is 2. The second-order valence-corrected chi connectivity index (χ2v) is 15.4. The van der Waals surface area contributed by atoms with Crippen LogP contribution in [-0.4, -0.2) is 28.3 Å². The summed E-state index contributed by atoms with van der Waals surface area (Å²) in [5.41, 5.74) is 3.75. The predicted octanol–water partition coefficient (Wildman–Crippen LogP) is 5.11. The molecule has 0 spiro atoms. The van der Waals surface area contributed by atoms with Gasteiger partial charge < -0.3 is 10.2 Å². The van der Waals surface area contributed by atoms with Crippen LogP contribution in [-0.2, 0) is 4.79 Å². The quantitative estimate of drug-likeness (QED) is 0.179.